The smallest absolute Gasteiger partial charge is 0.275 e. The summed E-state index contributed by atoms with van der Waals surface area (Å²) >= 11 is 6.24. The number of piperidine rings is 1. The lowest BCUT2D eigenvalue weighted by Gasteiger charge is -2.33. The van der Waals surface area contributed by atoms with Gasteiger partial charge in [0.1, 0.15) is 16.5 Å². The molecule has 1 aromatic carbocycles. The van der Waals surface area contributed by atoms with Crippen LogP contribution < -0.4 is 16.0 Å². The van der Waals surface area contributed by atoms with Crippen molar-refractivity contribution < 1.29 is 9.18 Å². The Hall–Kier alpha value is -1.81. The number of halogens is 2. The number of benzene rings is 1. The quantitative estimate of drug-likeness (QED) is 0.553. The second-order valence-corrected chi connectivity index (χ2v) is 9.24. The number of rotatable bonds is 4. The third kappa shape index (κ3) is 4.12. The molecule has 3 aromatic rings. The molecule has 0 aliphatic carbocycles. The maximum Gasteiger partial charge on any atom is 0.275 e. The van der Waals surface area contributed by atoms with Crippen molar-refractivity contribution in [2.45, 2.75) is 18.9 Å². The highest BCUT2D eigenvalue weighted by molar-refractivity contribution is 9.10. The molecule has 0 saturated carbocycles. The average molecular weight is 481 g/mol. The molecule has 1 fully saturated rings. The number of carbonyl (C=O) groups is 1. The van der Waals surface area contributed by atoms with E-state index >= 15 is 0 Å². The summed E-state index contributed by atoms with van der Waals surface area (Å²) in [6, 6.07) is 7.15. The maximum absolute atomic E-state index is 14.2. The van der Waals surface area contributed by atoms with Gasteiger partial charge in [0.2, 0.25) is 0 Å². The Kier molecular flexibility index (Phi) is 5.77. The molecule has 0 bridgehead atoms. The first kappa shape index (κ1) is 19.5. The number of carbonyl (C=O) groups excluding carboxylic acids is 1. The lowest BCUT2D eigenvalue weighted by atomic mass is 10.0. The van der Waals surface area contributed by atoms with Crippen LogP contribution in [0.4, 0.5) is 15.8 Å². The van der Waals surface area contributed by atoms with Crippen LogP contribution in [0.1, 0.15) is 23.3 Å². The Morgan fingerprint density at radius 3 is 2.82 bits per heavy atom. The molecule has 5 nitrogen and oxygen atoms in total. The minimum absolute atomic E-state index is 0.184. The first-order valence-electron chi connectivity index (χ1n) is 8.81. The van der Waals surface area contributed by atoms with Gasteiger partial charge in [-0.25, -0.2) is 9.37 Å². The predicted molar refractivity (Wildman–Crippen MR) is 117 cm³/mol. The third-order valence-electron chi connectivity index (χ3n) is 4.64. The van der Waals surface area contributed by atoms with E-state index < -0.39 is 5.82 Å². The highest BCUT2D eigenvalue weighted by Gasteiger charge is 2.22. The lowest BCUT2D eigenvalue weighted by molar-refractivity contribution is 0.102. The summed E-state index contributed by atoms with van der Waals surface area (Å²) in [5.41, 5.74) is 7.53. The molecule has 3 N–H and O–H groups in total. The van der Waals surface area contributed by atoms with Gasteiger partial charge in [-0.1, -0.05) is 6.07 Å². The van der Waals surface area contributed by atoms with Gasteiger partial charge < -0.3 is 16.0 Å². The van der Waals surface area contributed by atoms with Gasteiger partial charge in [0, 0.05) is 30.6 Å². The Morgan fingerprint density at radius 2 is 2.11 bits per heavy atom. The summed E-state index contributed by atoms with van der Waals surface area (Å²) in [4.78, 5) is 20.3. The van der Waals surface area contributed by atoms with E-state index in [1.54, 1.807) is 22.8 Å². The Morgan fingerprint density at radius 1 is 1.32 bits per heavy atom. The van der Waals surface area contributed by atoms with Crippen molar-refractivity contribution in [2.24, 2.45) is 5.73 Å². The van der Waals surface area contributed by atoms with Crippen molar-refractivity contribution in [3.8, 4) is 9.88 Å². The number of anilines is 2. The Balaban J connectivity index is 1.58. The van der Waals surface area contributed by atoms with Crippen LogP contribution in [-0.2, 0) is 0 Å². The Labute approximate surface area is 178 Å². The van der Waals surface area contributed by atoms with E-state index in [0.29, 0.717) is 15.9 Å². The SMILES string of the molecule is NC1CCN(c2cc(Br)c(F)cc2NC(=O)c2csc(-c3cccs3)n2)CC1. The van der Waals surface area contributed by atoms with E-state index in [1.807, 2.05) is 17.5 Å². The van der Waals surface area contributed by atoms with E-state index in [0.717, 1.165) is 41.5 Å². The zero-order valence-electron chi connectivity index (χ0n) is 14.8. The second kappa shape index (κ2) is 8.28. The highest BCUT2D eigenvalue weighted by Crippen LogP contribution is 2.34. The van der Waals surface area contributed by atoms with Crippen LogP contribution in [0.5, 0.6) is 0 Å². The lowest BCUT2D eigenvalue weighted by Crippen LogP contribution is -2.40. The van der Waals surface area contributed by atoms with Crippen LogP contribution in [0.15, 0.2) is 39.5 Å². The van der Waals surface area contributed by atoms with E-state index in [1.165, 1.54) is 17.4 Å². The van der Waals surface area contributed by atoms with Gasteiger partial charge in [-0.2, -0.15) is 0 Å². The summed E-state index contributed by atoms with van der Waals surface area (Å²) < 4.78 is 14.5. The van der Waals surface area contributed by atoms with Gasteiger partial charge in [-0.3, -0.25) is 4.79 Å². The molecule has 2 aromatic heterocycles. The average Bonchev–Trinajstić information content (AvgIpc) is 3.36. The fourth-order valence-electron chi connectivity index (χ4n) is 3.12. The molecule has 28 heavy (non-hydrogen) atoms. The molecule has 3 heterocycles. The third-order valence-corrected chi connectivity index (χ3v) is 7.12. The second-order valence-electron chi connectivity index (χ2n) is 6.58. The molecule has 1 amide bonds. The van der Waals surface area contributed by atoms with Crippen molar-refractivity contribution in [1.82, 2.24) is 4.98 Å². The summed E-state index contributed by atoms with van der Waals surface area (Å²) in [7, 11) is 0. The van der Waals surface area contributed by atoms with Crippen molar-refractivity contribution >= 4 is 55.9 Å². The van der Waals surface area contributed by atoms with E-state index in [-0.39, 0.29) is 11.9 Å². The number of hydrogen-bond acceptors (Lipinski definition) is 6. The molecule has 0 radical (unpaired) electrons. The zero-order valence-corrected chi connectivity index (χ0v) is 18.0. The molecule has 4 rings (SSSR count). The van der Waals surface area contributed by atoms with E-state index in [9.17, 15) is 9.18 Å². The molecule has 0 unspecified atom stereocenters. The number of nitrogens with zero attached hydrogens (tertiary/aromatic N) is 2. The van der Waals surface area contributed by atoms with Gasteiger partial charge in [0.15, 0.2) is 0 Å². The van der Waals surface area contributed by atoms with E-state index in [4.69, 9.17) is 5.73 Å². The molecule has 0 spiro atoms. The minimum Gasteiger partial charge on any atom is -0.370 e. The number of thiophene rings is 1. The first-order chi connectivity index (χ1) is 13.5. The first-order valence-corrected chi connectivity index (χ1v) is 11.4. The largest absolute Gasteiger partial charge is 0.370 e. The zero-order chi connectivity index (χ0) is 19.7. The van der Waals surface area contributed by atoms with Gasteiger partial charge in [0.05, 0.1) is 20.7 Å². The Bertz CT molecular complexity index is 984. The van der Waals surface area contributed by atoms with Gasteiger partial charge in [-0.15, -0.1) is 22.7 Å². The minimum atomic E-state index is -0.426. The standard InChI is InChI=1S/C19H18BrFN4OS2/c20-12-8-16(25-5-3-11(22)4-6-25)14(9-13(12)21)23-18(26)15-10-28-19(24-15)17-2-1-7-27-17/h1-2,7-11H,3-6,22H2,(H,23,26). The number of amides is 1. The summed E-state index contributed by atoms with van der Waals surface area (Å²) in [6.07, 6.45) is 1.72. The van der Waals surface area contributed by atoms with Crippen LogP contribution in [0.25, 0.3) is 9.88 Å². The number of hydrogen-bond donors (Lipinski definition) is 2. The van der Waals surface area contributed by atoms with Gasteiger partial charge >= 0.3 is 0 Å². The monoisotopic (exact) mass is 480 g/mol. The number of aromatic nitrogens is 1. The van der Waals surface area contributed by atoms with Crippen molar-refractivity contribution in [3.63, 3.8) is 0 Å². The van der Waals surface area contributed by atoms with Crippen LogP contribution in [0.3, 0.4) is 0 Å². The van der Waals surface area contributed by atoms with E-state index in [2.05, 4.69) is 31.1 Å². The van der Waals surface area contributed by atoms with Crippen LogP contribution >= 0.6 is 38.6 Å². The number of nitrogens with two attached hydrogens (primary N) is 1. The summed E-state index contributed by atoms with van der Waals surface area (Å²) in [6.45, 7) is 1.53. The number of thiazole rings is 1. The highest BCUT2D eigenvalue weighted by atomic mass is 79.9. The van der Waals surface area contributed by atoms with Gasteiger partial charge in [0.25, 0.3) is 5.91 Å². The molecule has 1 aliphatic rings. The molecule has 1 aliphatic heterocycles. The molecule has 146 valence electrons. The molecular weight excluding hydrogens is 463 g/mol. The summed E-state index contributed by atoms with van der Waals surface area (Å²) in [5, 5.41) is 7.33. The fourth-order valence-corrected chi connectivity index (χ4v) is 5.06. The normalized spacial score (nSPS) is 15.0. The molecular formula is C19H18BrFN4OS2. The molecule has 9 heteroatoms. The van der Waals surface area contributed by atoms with Crippen molar-refractivity contribution in [2.75, 3.05) is 23.3 Å². The summed E-state index contributed by atoms with van der Waals surface area (Å²) in [5.74, 6) is -0.777. The fraction of sp³-hybridized carbons (Fsp3) is 0.263. The van der Waals surface area contributed by atoms with Crippen LogP contribution in [0.2, 0.25) is 0 Å². The molecule has 0 atom stereocenters. The van der Waals surface area contributed by atoms with Crippen molar-refractivity contribution in [3.05, 3.63) is 51.0 Å². The molecule has 1 saturated heterocycles. The van der Waals surface area contributed by atoms with Gasteiger partial charge in [-0.05, 0) is 46.3 Å². The topological polar surface area (TPSA) is 71.2 Å². The predicted octanol–water partition coefficient (Wildman–Crippen LogP) is 4.95. The maximum atomic E-state index is 14.2. The number of nitrogens with one attached hydrogen (secondary N) is 1. The van der Waals surface area contributed by atoms with Crippen molar-refractivity contribution in [1.29, 1.82) is 0 Å². The van der Waals surface area contributed by atoms with Crippen LogP contribution in [0, 0.1) is 5.82 Å². The van der Waals surface area contributed by atoms with Crippen LogP contribution in [-0.4, -0.2) is 30.0 Å².